The lowest BCUT2D eigenvalue weighted by Gasteiger charge is -2.37. The number of aromatic nitrogens is 4. The fourth-order valence-electron chi connectivity index (χ4n) is 3.05. The first-order valence-electron chi connectivity index (χ1n) is 10.1. The summed E-state index contributed by atoms with van der Waals surface area (Å²) in [6.45, 7) is 4.83. The van der Waals surface area contributed by atoms with Gasteiger partial charge >= 0.3 is 0 Å². The van der Waals surface area contributed by atoms with E-state index in [1.165, 1.54) is 16.3 Å². The molecule has 0 aliphatic carbocycles. The molecule has 0 bridgehead atoms. The zero-order chi connectivity index (χ0) is 28.0. The fourth-order valence-corrected chi connectivity index (χ4v) is 6.96. The van der Waals surface area contributed by atoms with Crippen LogP contribution >= 0.6 is 35.2 Å². The fraction of sp³-hybridized carbons (Fsp3) is 0.667. The van der Waals surface area contributed by atoms with Crippen LogP contribution in [0.5, 0.6) is 0 Å². The Hall–Kier alpha value is -1.01. The van der Waals surface area contributed by atoms with Crippen LogP contribution in [-0.4, -0.2) is 60.4 Å². The summed E-state index contributed by atoms with van der Waals surface area (Å²) in [5.41, 5.74) is 6.06. The maximum Gasteiger partial charge on any atom is 0.278 e. The Kier molecular flexibility index (Phi) is 8.97. The molecule has 1 saturated heterocycles. The molecule has 210 valence electrons. The molecular weight excluding hydrogens is 583 g/mol. The van der Waals surface area contributed by atoms with E-state index in [2.05, 4.69) is 28.1 Å². The number of nitrogens with two attached hydrogens (primary N) is 1. The second-order valence-electron chi connectivity index (χ2n) is 8.89. The van der Waals surface area contributed by atoms with Crippen molar-refractivity contribution in [3.05, 3.63) is 6.33 Å². The summed E-state index contributed by atoms with van der Waals surface area (Å²) in [7, 11) is -18.2. The van der Waals surface area contributed by atoms with Gasteiger partial charge in [-0.2, -0.15) is 0 Å². The van der Waals surface area contributed by atoms with Gasteiger partial charge in [0.1, 0.15) is 24.6 Å². The molecule has 1 aliphatic rings. The minimum Gasteiger partial charge on any atom is -0.790 e. The third-order valence-corrected chi connectivity index (χ3v) is 9.72. The summed E-state index contributed by atoms with van der Waals surface area (Å²) in [5.74, 6) is 0.582. The molecular formula is C15H22N5O13P3S-4. The summed E-state index contributed by atoms with van der Waals surface area (Å²) < 4.78 is 51.4. The number of hydrogen-bond donors (Lipinski definition) is 3. The van der Waals surface area contributed by atoms with E-state index in [0.29, 0.717) is 5.75 Å². The number of rotatable bonds is 10. The zero-order valence-corrected chi connectivity index (χ0v) is 22.8. The van der Waals surface area contributed by atoms with E-state index in [9.17, 15) is 43.5 Å². The topological polar surface area (TPSA) is 290 Å². The highest BCUT2D eigenvalue weighted by atomic mass is 32.2. The molecule has 0 saturated carbocycles. The highest BCUT2D eigenvalue weighted by Gasteiger charge is 2.46. The van der Waals surface area contributed by atoms with Crippen LogP contribution in [0.1, 0.15) is 27.0 Å². The average molecular weight is 605 g/mol. The first kappa shape index (κ1) is 30.5. The number of aliphatic hydroxyl groups excluding tert-OH is 2. The Morgan fingerprint density at radius 2 is 1.76 bits per heavy atom. The van der Waals surface area contributed by atoms with E-state index in [-0.39, 0.29) is 27.6 Å². The lowest BCUT2D eigenvalue weighted by atomic mass is 10.0. The number of thioether (sulfide) groups is 1. The molecule has 0 radical (unpaired) electrons. The number of fused-ring (bicyclic) bond motifs is 1. The Bertz CT molecular complexity index is 1280. The lowest BCUT2D eigenvalue weighted by molar-refractivity contribution is -0.339. The Labute approximate surface area is 213 Å². The molecule has 1 fully saturated rings. The van der Waals surface area contributed by atoms with Crippen molar-refractivity contribution in [1.29, 1.82) is 0 Å². The van der Waals surface area contributed by atoms with Gasteiger partial charge in [0.05, 0.1) is 14.4 Å². The monoisotopic (exact) mass is 605 g/mol. The number of phosphoric ester groups is 1. The van der Waals surface area contributed by atoms with Crippen LogP contribution in [0.4, 0.5) is 5.82 Å². The summed E-state index contributed by atoms with van der Waals surface area (Å²) in [5, 5.41) is 21.4. The number of nitrogen functional groups attached to an aromatic ring is 1. The molecule has 0 aromatic carbocycles. The van der Waals surface area contributed by atoms with Gasteiger partial charge in [0.25, 0.3) is 15.6 Å². The smallest absolute Gasteiger partial charge is 0.278 e. The molecule has 1 aliphatic heterocycles. The van der Waals surface area contributed by atoms with Crippen LogP contribution in [0.25, 0.3) is 11.2 Å². The summed E-state index contributed by atoms with van der Waals surface area (Å²) >= 11 is 1.26. The predicted molar refractivity (Wildman–Crippen MR) is 117 cm³/mol. The summed E-state index contributed by atoms with van der Waals surface area (Å²) in [4.78, 5) is 56.4. The van der Waals surface area contributed by atoms with Gasteiger partial charge in [-0.25, -0.2) is 19.3 Å². The van der Waals surface area contributed by atoms with Gasteiger partial charge in [-0.1, -0.05) is 32.5 Å². The van der Waals surface area contributed by atoms with E-state index < -0.39 is 54.6 Å². The summed E-state index contributed by atoms with van der Waals surface area (Å²) in [6.07, 6.45) is -5.24. The first-order chi connectivity index (χ1) is 16.8. The van der Waals surface area contributed by atoms with Crippen molar-refractivity contribution in [2.75, 3.05) is 18.1 Å². The molecule has 22 heteroatoms. The van der Waals surface area contributed by atoms with Gasteiger partial charge in [0.15, 0.2) is 28.4 Å². The standard InChI is InChI=1S/C15H26N5O13P3S/c1-15(2,3)5-37-14-19-8-11(16)17-6-18-12(8)20(14)13-10(22)9(21)7(31-13)4-30-35(26,27)33-36(28,29)32-34(23,24)25/h6-7,9-10,13,21-22H,4-5H2,1-3H3,(H,26,27)(H,28,29)(H2,16,17,18)(H2,23,24,25)/p-4. The number of phosphoric acid groups is 3. The minimum absolute atomic E-state index is 0.0312. The SMILES string of the molecule is CC(C)(C)CSc1nc2c(N)ncnc2n1C1OC(COP(=O)([O-])OP(=O)([O-])OP(=O)([O-])[O-])C(O)C1O. The van der Waals surface area contributed by atoms with Crippen molar-refractivity contribution in [2.24, 2.45) is 5.41 Å². The van der Waals surface area contributed by atoms with Crippen molar-refractivity contribution in [2.45, 2.75) is 50.5 Å². The minimum atomic E-state index is -6.17. The third-order valence-electron chi connectivity index (χ3n) is 4.50. The molecule has 2 aromatic rings. The quantitative estimate of drug-likeness (QED) is 0.194. The molecule has 37 heavy (non-hydrogen) atoms. The molecule has 0 amide bonds. The van der Waals surface area contributed by atoms with E-state index in [1.54, 1.807) is 0 Å². The first-order valence-corrected chi connectivity index (χ1v) is 15.5. The van der Waals surface area contributed by atoms with Gasteiger partial charge < -0.3 is 49.3 Å². The van der Waals surface area contributed by atoms with Crippen LogP contribution in [0.15, 0.2) is 11.5 Å². The van der Waals surface area contributed by atoms with Crippen LogP contribution in [0.3, 0.4) is 0 Å². The number of aliphatic hydroxyl groups is 2. The van der Waals surface area contributed by atoms with Gasteiger partial charge in [-0.05, 0) is 5.41 Å². The van der Waals surface area contributed by atoms with Crippen molar-refractivity contribution in [3.63, 3.8) is 0 Å². The Morgan fingerprint density at radius 1 is 1.11 bits per heavy atom. The number of ether oxygens (including phenoxy) is 1. The largest absolute Gasteiger partial charge is 0.790 e. The van der Waals surface area contributed by atoms with Gasteiger partial charge in [0, 0.05) is 5.75 Å². The van der Waals surface area contributed by atoms with Crippen molar-refractivity contribution in [3.8, 4) is 0 Å². The van der Waals surface area contributed by atoms with E-state index >= 15 is 0 Å². The zero-order valence-electron chi connectivity index (χ0n) is 19.3. The van der Waals surface area contributed by atoms with Gasteiger partial charge in [0.2, 0.25) is 0 Å². The predicted octanol–water partition coefficient (Wildman–Crippen LogP) is -2.02. The van der Waals surface area contributed by atoms with Gasteiger partial charge in [-0.3, -0.25) is 18.0 Å². The maximum absolute atomic E-state index is 11.8. The number of nitrogens with zero attached hydrogens (tertiary/aromatic N) is 4. The van der Waals surface area contributed by atoms with E-state index in [1.807, 2.05) is 20.8 Å². The maximum atomic E-state index is 11.8. The van der Waals surface area contributed by atoms with Crippen molar-refractivity contribution < 1.29 is 61.4 Å². The Balaban J connectivity index is 1.81. The second-order valence-corrected chi connectivity index (χ2v) is 14.1. The third kappa shape index (κ3) is 8.00. The van der Waals surface area contributed by atoms with Crippen LogP contribution in [-0.2, 0) is 31.6 Å². The molecule has 18 nitrogen and oxygen atoms in total. The average Bonchev–Trinajstić information content (AvgIpc) is 3.20. The number of hydrogen-bond acceptors (Lipinski definition) is 18. The lowest BCUT2D eigenvalue weighted by Crippen LogP contribution is -2.34. The van der Waals surface area contributed by atoms with Crippen LogP contribution in [0.2, 0.25) is 0 Å². The van der Waals surface area contributed by atoms with Crippen molar-refractivity contribution >= 4 is 52.2 Å². The number of imidazole rings is 1. The highest BCUT2D eigenvalue weighted by Crippen LogP contribution is 2.60. The molecule has 3 heterocycles. The normalized spacial score (nSPS) is 26.3. The number of anilines is 1. The van der Waals surface area contributed by atoms with Crippen LogP contribution < -0.4 is 25.3 Å². The molecule has 2 aromatic heterocycles. The molecule has 3 rings (SSSR count). The van der Waals surface area contributed by atoms with Crippen molar-refractivity contribution in [1.82, 2.24) is 19.5 Å². The van der Waals surface area contributed by atoms with E-state index in [4.69, 9.17) is 10.5 Å². The molecule has 4 N–H and O–H groups in total. The Morgan fingerprint density at radius 3 is 2.35 bits per heavy atom. The van der Waals surface area contributed by atoms with Gasteiger partial charge in [-0.15, -0.1) is 0 Å². The highest BCUT2D eigenvalue weighted by molar-refractivity contribution is 7.99. The molecule has 6 atom stereocenters. The molecule has 0 spiro atoms. The second kappa shape index (κ2) is 10.9. The van der Waals surface area contributed by atoms with Crippen LogP contribution in [0, 0.1) is 5.41 Å². The molecule has 6 unspecified atom stereocenters. The summed E-state index contributed by atoms with van der Waals surface area (Å²) in [6, 6.07) is 0. The van der Waals surface area contributed by atoms with E-state index in [0.717, 1.165) is 6.33 Å².